The second kappa shape index (κ2) is 7.38. The third-order valence-corrected chi connectivity index (χ3v) is 2.51. The van der Waals surface area contributed by atoms with Gasteiger partial charge in [0.15, 0.2) is 5.96 Å². The Morgan fingerprint density at radius 3 is 2.47 bits per heavy atom. The highest BCUT2D eigenvalue weighted by Crippen LogP contribution is 2.17. The first-order valence-electron chi connectivity index (χ1n) is 6.16. The molecule has 1 aromatic carbocycles. The summed E-state index contributed by atoms with van der Waals surface area (Å²) in [7, 11) is 0. The van der Waals surface area contributed by atoms with Crippen molar-refractivity contribution in [1.82, 2.24) is 0 Å². The average Bonchev–Trinajstić information content (AvgIpc) is 2.38. The van der Waals surface area contributed by atoms with Gasteiger partial charge in [-0.05, 0) is 24.1 Å². The van der Waals surface area contributed by atoms with Gasteiger partial charge in [0.2, 0.25) is 0 Å². The smallest absolute Gasteiger partial charge is 0.327 e. The first-order valence-corrected chi connectivity index (χ1v) is 6.16. The molecule has 0 saturated heterocycles. The van der Waals surface area contributed by atoms with Crippen LogP contribution in [0.25, 0.3) is 0 Å². The van der Waals surface area contributed by atoms with Crippen LogP contribution in [0, 0.1) is 0 Å². The maximum atomic E-state index is 11.7. The molecule has 1 rings (SSSR count). The number of ether oxygens (including phenoxy) is 1. The number of aliphatic imine (C=N–C) groups is 1. The van der Waals surface area contributed by atoms with Gasteiger partial charge >= 0.3 is 5.97 Å². The molecule has 0 unspecified atom stereocenters. The van der Waals surface area contributed by atoms with Gasteiger partial charge in [0, 0.05) is 0 Å². The average molecular weight is 264 g/mol. The van der Waals surface area contributed by atoms with E-state index in [2.05, 4.69) is 4.99 Å². The first kappa shape index (κ1) is 15.0. The number of carbonyl (C=O) groups is 1. The Morgan fingerprint density at radius 1 is 1.32 bits per heavy atom. The fourth-order valence-corrected chi connectivity index (χ4v) is 1.45. The standard InChI is InChI=1S/C13H20N4O2/c1-2-3-8-19-12(18)11(14)9-4-6-10(7-5-9)17-13(15)16/h4-7,11H,2-3,8,14H2,1H3,(H4,15,16,17)/t11-/m1/s1. The predicted molar refractivity (Wildman–Crippen MR) is 74.7 cm³/mol. The molecule has 0 fully saturated rings. The number of benzene rings is 1. The summed E-state index contributed by atoms with van der Waals surface area (Å²) < 4.78 is 5.06. The summed E-state index contributed by atoms with van der Waals surface area (Å²) in [6, 6.07) is 5.99. The summed E-state index contributed by atoms with van der Waals surface area (Å²) in [4.78, 5) is 15.5. The number of esters is 1. The molecule has 0 bridgehead atoms. The molecular formula is C13H20N4O2. The lowest BCUT2D eigenvalue weighted by molar-refractivity contribution is -0.145. The van der Waals surface area contributed by atoms with Crippen molar-refractivity contribution in [3.05, 3.63) is 29.8 Å². The van der Waals surface area contributed by atoms with E-state index in [0.717, 1.165) is 12.8 Å². The molecule has 0 saturated carbocycles. The van der Waals surface area contributed by atoms with E-state index in [4.69, 9.17) is 21.9 Å². The van der Waals surface area contributed by atoms with Gasteiger partial charge < -0.3 is 21.9 Å². The molecule has 0 spiro atoms. The second-order valence-electron chi connectivity index (χ2n) is 4.13. The Labute approximate surface area is 112 Å². The van der Waals surface area contributed by atoms with E-state index in [9.17, 15) is 4.79 Å². The van der Waals surface area contributed by atoms with E-state index < -0.39 is 12.0 Å². The third-order valence-electron chi connectivity index (χ3n) is 2.51. The van der Waals surface area contributed by atoms with Gasteiger partial charge in [-0.3, -0.25) is 0 Å². The Morgan fingerprint density at radius 2 is 1.95 bits per heavy atom. The van der Waals surface area contributed by atoms with E-state index in [0.29, 0.717) is 17.9 Å². The number of carbonyl (C=O) groups excluding carboxylic acids is 1. The number of nitrogens with zero attached hydrogens (tertiary/aromatic N) is 1. The molecule has 0 heterocycles. The van der Waals surface area contributed by atoms with E-state index >= 15 is 0 Å². The Hall–Kier alpha value is -2.08. The lowest BCUT2D eigenvalue weighted by Crippen LogP contribution is -2.24. The topological polar surface area (TPSA) is 117 Å². The van der Waals surface area contributed by atoms with Gasteiger partial charge in [0.05, 0.1) is 12.3 Å². The van der Waals surface area contributed by atoms with Crippen LogP contribution in [0.15, 0.2) is 29.3 Å². The minimum absolute atomic E-state index is 0.0176. The van der Waals surface area contributed by atoms with E-state index in [1.807, 2.05) is 6.92 Å². The fourth-order valence-electron chi connectivity index (χ4n) is 1.45. The summed E-state index contributed by atoms with van der Waals surface area (Å²) in [5.74, 6) is -0.445. The summed E-state index contributed by atoms with van der Waals surface area (Å²) in [5, 5.41) is 0. The number of guanidine groups is 1. The third kappa shape index (κ3) is 4.97. The Kier molecular flexibility index (Phi) is 5.81. The largest absolute Gasteiger partial charge is 0.464 e. The quantitative estimate of drug-likeness (QED) is 0.306. The van der Waals surface area contributed by atoms with Crippen LogP contribution >= 0.6 is 0 Å². The molecule has 0 radical (unpaired) electrons. The lowest BCUT2D eigenvalue weighted by atomic mass is 10.1. The van der Waals surface area contributed by atoms with Crippen LogP contribution in [0.1, 0.15) is 31.4 Å². The molecule has 0 amide bonds. The normalized spacial score (nSPS) is 11.7. The molecule has 1 atom stereocenters. The van der Waals surface area contributed by atoms with Gasteiger partial charge in [-0.1, -0.05) is 25.5 Å². The van der Waals surface area contributed by atoms with Crippen molar-refractivity contribution in [2.45, 2.75) is 25.8 Å². The first-order chi connectivity index (χ1) is 9.04. The monoisotopic (exact) mass is 264 g/mol. The zero-order valence-corrected chi connectivity index (χ0v) is 11.0. The molecule has 0 aliphatic carbocycles. The van der Waals surface area contributed by atoms with Crippen LogP contribution in [0.4, 0.5) is 5.69 Å². The Balaban J connectivity index is 2.64. The van der Waals surface area contributed by atoms with Gasteiger partial charge in [-0.15, -0.1) is 0 Å². The molecule has 0 aliphatic heterocycles. The number of hydrogen-bond donors (Lipinski definition) is 3. The molecule has 104 valence electrons. The molecule has 0 aromatic heterocycles. The number of nitrogens with two attached hydrogens (primary N) is 3. The fraction of sp³-hybridized carbons (Fsp3) is 0.385. The zero-order chi connectivity index (χ0) is 14.3. The maximum Gasteiger partial charge on any atom is 0.327 e. The van der Waals surface area contributed by atoms with Crippen molar-refractivity contribution in [3.8, 4) is 0 Å². The molecule has 0 aliphatic rings. The van der Waals surface area contributed by atoms with Crippen LogP contribution < -0.4 is 17.2 Å². The minimum Gasteiger partial charge on any atom is -0.464 e. The lowest BCUT2D eigenvalue weighted by Gasteiger charge is -2.11. The SMILES string of the molecule is CCCCOC(=O)[C@H](N)c1ccc(N=C(N)N)cc1. The maximum absolute atomic E-state index is 11.7. The van der Waals surface area contributed by atoms with Crippen LogP contribution in [0.3, 0.4) is 0 Å². The second-order valence-corrected chi connectivity index (χ2v) is 4.13. The number of rotatable bonds is 6. The van der Waals surface area contributed by atoms with E-state index in [1.165, 1.54) is 0 Å². The van der Waals surface area contributed by atoms with E-state index in [-0.39, 0.29) is 5.96 Å². The van der Waals surface area contributed by atoms with Crippen LogP contribution in [0.5, 0.6) is 0 Å². The van der Waals surface area contributed by atoms with Crippen molar-refractivity contribution in [1.29, 1.82) is 0 Å². The summed E-state index contributed by atoms with van der Waals surface area (Å²) in [6.07, 6.45) is 1.80. The summed E-state index contributed by atoms with van der Waals surface area (Å²) in [6.45, 7) is 2.42. The zero-order valence-electron chi connectivity index (χ0n) is 11.0. The van der Waals surface area contributed by atoms with Crippen LogP contribution in [-0.4, -0.2) is 18.5 Å². The van der Waals surface area contributed by atoms with Gasteiger partial charge in [-0.2, -0.15) is 0 Å². The summed E-state index contributed by atoms with van der Waals surface area (Å²) >= 11 is 0. The van der Waals surface area contributed by atoms with Crippen LogP contribution in [0.2, 0.25) is 0 Å². The highest BCUT2D eigenvalue weighted by Gasteiger charge is 2.16. The van der Waals surface area contributed by atoms with Crippen molar-refractivity contribution in [3.63, 3.8) is 0 Å². The van der Waals surface area contributed by atoms with Crippen LogP contribution in [-0.2, 0) is 9.53 Å². The molecular weight excluding hydrogens is 244 g/mol. The van der Waals surface area contributed by atoms with Gasteiger partial charge in [-0.25, -0.2) is 9.79 Å². The van der Waals surface area contributed by atoms with Gasteiger partial charge in [0.25, 0.3) is 0 Å². The predicted octanol–water partition coefficient (Wildman–Crippen LogP) is 0.935. The highest BCUT2D eigenvalue weighted by atomic mass is 16.5. The molecule has 19 heavy (non-hydrogen) atoms. The highest BCUT2D eigenvalue weighted by molar-refractivity contribution is 5.79. The minimum atomic E-state index is -0.787. The van der Waals surface area contributed by atoms with Crippen molar-refractivity contribution in [2.75, 3.05) is 6.61 Å². The molecule has 6 nitrogen and oxygen atoms in total. The summed E-state index contributed by atoms with van der Waals surface area (Å²) in [5.41, 5.74) is 17.6. The molecule has 6 N–H and O–H groups in total. The van der Waals surface area contributed by atoms with E-state index in [1.54, 1.807) is 24.3 Å². The number of hydrogen-bond acceptors (Lipinski definition) is 4. The van der Waals surface area contributed by atoms with Crippen molar-refractivity contribution >= 4 is 17.6 Å². The molecule has 6 heteroatoms. The Bertz CT molecular complexity index is 438. The van der Waals surface area contributed by atoms with Crippen molar-refractivity contribution in [2.24, 2.45) is 22.2 Å². The van der Waals surface area contributed by atoms with Crippen molar-refractivity contribution < 1.29 is 9.53 Å². The molecule has 1 aromatic rings. The number of unbranched alkanes of at least 4 members (excludes halogenated alkanes) is 1. The van der Waals surface area contributed by atoms with Gasteiger partial charge in [0.1, 0.15) is 6.04 Å².